The van der Waals surface area contributed by atoms with E-state index in [4.69, 9.17) is 0 Å². The topological polar surface area (TPSA) is 17.1 Å². The van der Waals surface area contributed by atoms with Crippen molar-refractivity contribution in [1.82, 2.24) is 0 Å². The van der Waals surface area contributed by atoms with Crippen LogP contribution >= 0.6 is 0 Å². The molecule has 16 heavy (non-hydrogen) atoms. The maximum absolute atomic E-state index is 11.8. The molecule has 0 unspecified atom stereocenters. The lowest BCUT2D eigenvalue weighted by molar-refractivity contribution is -0.119. The van der Waals surface area contributed by atoms with E-state index in [1.165, 1.54) is 24.8 Å². The third kappa shape index (κ3) is 2.09. The average molecular weight is 220 g/mol. The Labute approximate surface area is 99.3 Å². The molecule has 1 heteroatoms. The van der Waals surface area contributed by atoms with Crippen LogP contribution < -0.4 is 0 Å². The van der Waals surface area contributed by atoms with Gasteiger partial charge in [-0.15, -0.1) is 0 Å². The molecule has 0 spiro atoms. The van der Waals surface area contributed by atoms with Crippen LogP contribution in [-0.4, -0.2) is 5.78 Å². The molecule has 3 atom stereocenters. The second kappa shape index (κ2) is 4.01. The molecule has 2 saturated carbocycles. The van der Waals surface area contributed by atoms with Gasteiger partial charge >= 0.3 is 0 Å². The Kier molecular flexibility index (Phi) is 2.98. The van der Waals surface area contributed by atoms with E-state index in [9.17, 15) is 4.79 Å². The highest BCUT2D eigenvalue weighted by Crippen LogP contribution is 2.56. The van der Waals surface area contributed by atoms with Crippen LogP contribution in [0, 0.1) is 23.2 Å². The molecule has 2 aliphatic carbocycles. The minimum atomic E-state index is 0.405. The maximum atomic E-state index is 11.8. The number of allylic oxidation sites excluding steroid dienone is 1. The number of Topliss-reactive ketones (excluding diaryl/α,β-unsaturated/α-hetero) is 1. The first-order valence-corrected chi connectivity index (χ1v) is 6.59. The zero-order valence-corrected chi connectivity index (χ0v) is 10.9. The lowest BCUT2D eigenvalue weighted by Gasteiger charge is -2.53. The summed E-state index contributed by atoms with van der Waals surface area (Å²) in [6, 6.07) is 0. The summed E-state index contributed by atoms with van der Waals surface area (Å²) >= 11 is 0. The average Bonchev–Trinajstić information content (AvgIpc) is 2.16. The Bertz CT molecular complexity index is 313. The highest BCUT2D eigenvalue weighted by molar-refractivity contribution is 5.81. The Morgan fingerprint density at radius 3 is 2.62 bits per heavy atom. The van der Waals surface area contributed by atoms with Crippen LogP contribution in [0.2, 0.25) is 0 Å². The van der Waals surface area contributed by atoms with Crippen molar-refractivity contribution < 1.29 is 4.79 Å². The van der Waals surface area contributed by atoms with Crippen LogP contribution in [0.1, 0.15) is 52.9 Å². The minimum absolute atomic E-state index is 0.405. The van der Waals surface area contributed by atoms with E-state index in [0.29, 0.717) is 29.5 Å². The molecule has 0 bridgehead atoms. The number of carbonyl (C=O) groups excluding carboxylic acids is 1. The van der Waals surface area contributed by atoms with E-state index >= 15 is 0 Å². The van der Waals surface area contributed by atoms with Crippen LogP contribution in [-0.2, 0) is 4.79 Å². The van der Waals surface area contributed by atoms with Crippen molar-refractivity contribution in [2.75, 3.05) is 0 Å². The van der Waals surface area contributed by atoms with E-state index < -0.39 is 0 Å². The predicted octanol–water partition coefficient (Wildman–Crippen LogP) is 3.98. The van der Waals surface area contributed by atoms with E-state index in [-0.39, 0.29) is 0 Å². The fraction of sp³-hybridized carbons (Fsp3) is 0.800. The normalized spacial score (nSPS) is 39.1. The number of carbonyl (C=O) groups is 1. The summed E-state index contributed by atoms with van der Waals surface area (Å²) in [6.45, 7) is 11.1. The van der Waals surface area contributed by atoms with Gasteiger partial charge in [-0.3, -0.25) is 4.79 Å². The molecule has 90 valence electrons. The number of hydrogen-bond donors (Lipinski definition) is 0. The van der Waals surface area contributed by atoms with Gasteiger partial charge in [0.25, 0.3) is 0 Å². The number of ketones is 1. The molecule has 0 aromatic heterocycles. The summed E-state index contributed by atoms with van der Waals surface area (Å²) in [6.07, 6.45) is 5.13. The first-order chi connectivity index (χ1) is 7.40. The fourth-order valence-corrected chi connectivity index (χ4v) is 3.68. The van der Waals surface area contributed by atoms with Crippen LogP contribution in [0.15, 0.2) is 12.2 Å². The Morgan fingerprint density at radius 1 is 1.31 bits per heavy atom. The summed E-state index contributed by atoms with van der Waals surface area (Å²) in [5.41, 5.74) is 1.68. The van der Waals surface area contributed by atoms with Crippen molar-refractivity contribution >= 4 is 5.78 Å². The zero-order valence-electron chi connectivity index (χ0n) is 10.9. The van der Waals surface area contributed by atoms with E-state index in [1.807, 2.05) is 0 Å². The SMILES string of the molecule is C=C1CC(=O)C[C@H](C)CC[C@@H]2[C@@H]1CC2(C)C. The Morgan fingerprint density at radius 2 is 2.00 bits per heavy atom. The molecule has 0 saturated heterocycles. The molecular formula is C15H24O. The molecule has 0 radical (unpaired) electrons. The van der Waals surface area contributed by atoms with E-state index in [1.54, 1.807) is 0 Å². The quantitative estimate of drug-likeness (QED) is 0.564. The summed E-state index contributed by atoms with van der Waals surface area (Å²) in [7, 11) is 0. The van der Waals surface area contributed by atoms with Gasteiger partial charge in [0.15, 0.2) is 0 Å². The molecule has 2 fully saturated rings. The second-order valence-corrected chi connectivity index (χ2v) is 6.67. The highest BCUT2D eigenvalue weighted by Gasteiger charge is 2.48. The van der Waals surface area contributed by atoms with Crippen molar-refractivity contribution in [3.63, 3.8) is 0 Å². The standard InChI is InChI=1S/C15H24O/c1-10-5-6-14-13(9-15(14,3)4)11(2)8-12(16)7-10/h10,13-14H,2,5-9H2,1,3-4H3/t10-,13-,14-/m1/s1. The summed E-state index contributed by atoms with van der Waals surface area (Å²) in [5, 5.41) is 0. The highest BCUT2D eigenvalue weighted by atomic mass is 16.1. The predicted molar refractivity (Wildman–Crippen MR) is 67.2 cm³/mol. The molecular weight excluding hydrogens is 196 g/mol. The lowest BCUT2D eigenvalue weighted by atomic mass is 9.52. The smallest absolute Gasteiger partial charge is 0.137 e. The van der Waals surface area contributed by atoms with Crippen LogP contribution in [0.25, 0.3) is 0 Å². The number of fused-ring (bicyclic) bond motifs is 1. The van der Waals surface area contributed by atoms with Gasteiger partial charge < -0.3 is 0 Å². The lowest BCUT2D eigenvalue weighted by Crippen LogP contribution is -2.44. The van der Waals surface area contributed by atoms with Gasteiger partial charge in [-0.2, -0.15) is 0 Å². The molecule has 0 aliphatic heterocycles. The maximum Gasteiger partial charge on any atom is 0.137 e. The van der Waals surface area contributed by atoms with Crippen LogP contribution in [0.4, 0.5) is 0 Å². The third-order valence-corrected chi connectivity index (χ3v) is 4.73. The van der Waals surface area contributed by atoms with Crippen molar-refractivity contribution in [1.29, 1.82) is 0 Å². The first kappa shape index (κ1) is 11.9. The minimum Gasteiger partial charge on any atom is -0.299 e. The van der Waals surface area contributed by atoms with Gasteiger partial charge in [0.1, 0.15) is 5.78 Å². The molecule has 2 rings (SSSR count). The zero-order chi connectivity index (χ0) is 11.9. The van der Waals surface area contributed by atoms with Gasteiger partial charge in [-0.05, 0) is 42.4 Å². The fourth-order valence-electron chi connectivity index (χ4n) is 3.68. The second-order valence-electron chi connectivity index (χ2n) is 6.67. The van der Waals surface area contributed by atoms with Crippen molar-refractivity contribution in [3.05, 3.63) is 12.2 Å². The first-order valence-electron chi connectivity index (χ1n) is 6.59. The third-order valence-electron chi connectivity index (χ3n) is 4.73. The number of hydrogen-bond acceptors (Lipinski definition) is 1. The monoisotopic (exact) mass is 220 g/mol. The van der Waals surface area contributed by atoms with Gasteiger partial charge in [-0.1, -0.05) is 32.9 Å². The van der Waals surface area contributed by atoms with Crippen molar-refractivity contribution in [2.45, 2.75) is 52.9 Å². The summed E-state index contributed by atoms with van der Waals surface area (Å²) in [5.74, 6) is 2.37. The van der Waals surface area contributed by atoms with E-state index in [2.05, 4.69) is 27.4 Å². The van der Waals surface area contributed by atoms with Crippen LogP contribution in [0.3, 0.4) is 0 Å². The molecule has 0 amide bonds. The Balaban J connectivity index is 2.13. The van der Waals surface area contributed by atoms with Gasteiger partial charge in [0, 0.05) is 12.8 Å². The molecule has 0 aromatic carbocycles. The molecule has 1 nitrogen and oxygen atoms in total. The van der Waals surface area contributed by atoms with Crippen LogP contribution in [0.5, 0.6) is 0 Å². The molecule has 0 aromatic rings. The Hall–Kier alpha value is -0.590. The molecule has 2 aliphatic rings. The summed E-state index contributed by atoms with van der Waals surface area (Å²) < 4.78 is 0. The molecule has 0 N–H and O–H groups in total. The largest absolute Gasteiger partial charge is 0.299 e. The summed E-state index contributed by atoms with van der Waals surface area (Å²) in [4.78, 5) is 11.8. The number of rotatable bonds is 0. The van der Waals surface area contributed by atoms with Gasteiger partial charge in [0.2, 0.25) is 0 Å². The van der Waals surface area contributed by atoms with Gasteiger partial charge in [0.05, 0.1) is 0 Å². The van der Waals surface area contributed by atoms with Crippen molar-refractivity contribution in [3.8, 4) is 0 Å². The molecule has 0 heterocycles. The van der Waals surface area contributed by atoms with Crippen molar-refractivity contribution in [2.24, 2.45) is 23.2 Å². The van der Waals surface area contributed by atoms with Gasteiger partial charge in [-0.25, -0.2) is 0 Å². The van der Waals surface area contributed by atoms with E-state index in [0.717, 1.165) is 12.3 Å².